The molecule has 1 aliphatic carbocycles. The molecule has 0 radical (unpaired) electrons. The highest BCUT2D eigenvalue weighted by Gasteiger charge is 2.44. The summed E-state index contributed by atoms with van der Waals surface area (Å²) in [5, 5.41) is 10.1. The number of rotatable bonds is 6. The summed E-state index contributed by atoms with van der Waals surface area (Å²) in [4.78, 5) is 36.3. The number of hydrogen-bond donors (Lipinski definition) is 2. The lowest BCUT2D eigenvalue weighted by Gasteiger charge is -2.32. The fraction of sp³-hybridized carbons (Fsp3) is 0.348. The van der Waals surface area contributed by atoms with Crippen molar-refractivity contribution in [3.63, 3.8) is 0 Å². The molecule has 0 spiro atoms. The van der Waals surface area contributed by atoms with Crippen molar-refractivity contribution in [2.45, 2.75) is 17.1 Å². The van der Waals surface area contributed by atoms with Crippen LogP contribution in [0.4, 0.5) is 13.6 Å². The molecule has 1 aliphatic heterocycles. The maximum absolute atomic E-state index is 14.4. The number of thioether (sulfide) groups is 1. The van der Waals surface area contributed by atoms with Crippen LogP contribution in [-0.2, 0) is 14.3 Å². The molecule has 1 atom stereocenters. The van der Waals surface area contributed by atoms with Gasteiger partial charge in [0.25, 0.3) is 5.91 Å². The van der Waals surface area contributed by atoms with Crippen molar-refractivity contribution in [3.05, 3.63) is 59.7 Å². The number of halogens is 2. The topological polar surface area (TPSA) is 95.9 Å². The fourth-order valence-electron chi connectivity index (χ4n) is 4.12. The number of aliphatic carboxylic acids is 1. The van der Waals surface area contributed by atoms with Crippen LogP contribution in [0.2, 0.25) is 0 Å². The molecule has 2 amide bonds. The second kappa shape index (κ2) is 9.38. The van der Waals surface area contributed by atoms with Crippen LogP contribution >= 0.6 is 11.8 Å². The normalized spacial score (nSPS) is 17.8. The summed E-state index contributed by atoms with van der Waals surface area (Å²) >= 11 is 1.10. The standard InChI is InChI=1S/C23H22F2N2O5S/c24-23(25,21(30)27-9-10-33-19(11-27)20(28)29)13-26-22(31)32-12-18-16-7-3-1-5-14(16)15-6-2-4-8-17(15)18/h1-8,18-19H,9-13H2,(H,26,31)(H,28,29). The summed E-state index contributed by atoms with van der Waals surface area (Å²) in [7, 11) is 0. The van der Waals surface area contributed by atoms with Crippen LogP contribution < -0.4 is 5.32 Å². The molecule has 0 bridgehead atoms. The smallest absolute Gasteiger partial charge is 0.407 e. The van der Waals surface area contributed by atoms with Gasteiger partial charge in [-0.2, -0.15) is 8.78 Å². The lowest BCUT2D eigenvalue weighted by atomic mass is 9.98. The predicted octanol–water partition coefficient (Wildman–Crippen LogP) is 3.19. The van der Waals surface area contributed by atoms with Crippen LogP contribution in [0.3, 0.4) is 0 Å². The van der Waals surface area contributed by atoms with E-state index in [0.717, 1.165) is 38.9 Å². The van der Waals surface area contributed by atoms with Gasteiger partial charge in [-0.25, -0.2) is 4.79 Å². The monoisotopic (exact) mass is 476 g/mol. The minimum Gasteiger partial charge on any atom is -0.480 e. The minimum absolute atomic E-state index is 0.0216. The van der Waals surface area contributed by atoms with Crippen molar-refractivity contribution in [2.24, 2.45) is 0 Å². The first-order valence-corrected chi connectivity index (χ1v) is 11.4. The highest BCUT2D eigenvalue weighted by molar-refractivity contribution is 8.00. The Labute approximate surface area is 193 Å². The molecule has 10 heteroatoms. The third-order valence-corrected chi connectivity index (χ3v) is 6.91. The first-order valence-electron chi connectivity index (χ1n) is 10.4. The quantitative estimate of drug-likeness (QED) is 0.665. The Balaban J connectivity index is 1.33. The van der Waals surface area contributed by atoms with Gasteiger partial charge in [0, 0.05) is 24.8 Å². The lowest BCUT2D eigenvalue weighted by Crippen LogP contribution is -2.54. The summed E-state index contributed by atoms with van der Waals surface area (Å²) in [6, 6.07) is 15.5. The van der Waals surface area contributed by atoms with Gasteiger partial charge in [-0.1, -0.05) is 48.5 Å². The molecule has 0 saturated carbocycles. The van der Waals surface area contributed by atoms with Crippen molar-refractivity contribution in [1.29, 1.82) is 0 Å². The number of fused-ring (bicyclic) bond motifs is 3. The molecule has 1 unspecified atom stereocenters. The maximum Gasteiger partial charge on any atom is 0.407 e. The van der Waals surface area contributed by atoms with E-state index in [2.05, 4.69) is 0 Å². The van der Waals surface area contributed by atoms with Gasteiger partial charge in [0.05, 0.1) is 6.54 Å². The molecular weight excluding hydrogens is 454 g/mol. The van der Waals surface area contributed by atoms with Crippen LogP contribution in [-0.4, -0.2) is 71.1 Å². The van der Waals surface area contributed by atoms with Crippen molar-refractivity contribution in [1.82, 2.24) is 10.2 Å². The molecule has 2 aromatic rings. The Hall–Kier alpha value is -3.14. The third kappa shape index (κ3) is 4.80. The molecule has 174 valence electrons. The van der Waals surface area contributed by atoms with Gasteiger partial charge >= 0.3 is 18.0 Å². The molecule has 2 aromatic carbocycles. The van der Waals surface area contributed by atoms with E-state index in [9.17, 15) is 23.2 Å². The molecule has 33 heavy (non-hydrogen) atoms. The number of amides is 2. The van der Waals surface area contributed by atoms with Crippen molar-refractivity contribution >= 4 is 29.7 Å². The van der Waals surface area contributed by atoms with E-state index < -0.39 is 35.7 Å². The van der Waals surface area contributed by atoms with Crippen LogP contribution in [0.5, 0.6) is 0 Å². The highest BCUT2D eigenvalue weighted by atomic mass is 32.2. The highest BCUT2D eigenvalue weighted by Crippen LogP contribution is 2.44. The summed E-state index contributed by atoms with van der Waals surface area (Å²) in [6.45, 7) is -1.56. The Morgan fingerprint density at radius 3 is 2.30 bits per heavy atom. The van der Waals surface area contributed by atoms with E-state index in [-0.39, 0.29) is 31.4 Å². The van der Waals surface area contributed by atoms with Gasteiger partial charge in [-0.15, -0.1) is 11.8 Å². The van der Waals surface area contributed by atoms with Gasteiger partial charge in [-0.05, 0) is 22.3 Å². The van der Waals surface area contributed by atoms with Crippen molar-refractivity contribution in [2.75, 3.05) is 32.0 Å². The number of alkyl carbamates (subject to hydrolysis) is 1. The number of hydrogen-bond acceptors (Lipinski definition) is 5. The first-order chi connectivity index (χ1) is 15.8. The van der Waals surface area contributed by atoms with Gasteiger partial charge in [-0.3, -0.25) is 9.59 Å². The van der Waals surface area contributed by atoms with Crippen LogP contribution in [0, 0.1) is 0 Å². The number of carboxylic acids is 1. The van der Waals surface area contributed by atoms with Crippen LogP contribution in [0.1, 0.15) is 17.0 Å². The molecule has 7 nitrogen and oxygen atoms in total. The van der Waals surface area contributed by atoms with Crippen LogP contribution in [0.15, 0.2) is 48.5 Å². The van der Waals surface area contributed by atoms with E-state index >= 15 is 0 Å². The summed E-state index contributed by atoms with van der Waals surface area (Å²) in [5.41, 5.74) is 4.06. The van der Waals surface area contributed by atoms with Crippen molar-refractivity contribution in [3.8, 4) is 11.1 Å². The van der Waals surface area contributed by atoms with E-state index in [1.807, 2.05) is 53.8 Å². The number of benzene rings is 2. The number of carbonyl (C=O) groups excluding carboxylic acids is 2. The molecule has 1 heterocycles. The number of alkyl halides is 2. The number of carboxylic acid groups (broad SMARTS) is 1. The van der Waals surface area contributed by atoms with Gasteiger partial charge in [0.1, 0.15) is 11.9 Å². The van der Waals surface area contributed by atoms with Crippen LogP contribution in [0.25, 0.3) is 11.1 Å². The molecule has 2 aliphatic rings. The maximum atomic E-state index is 14.4. The molecular formula is C23H22F2N2O5S. The number of nitrogens with zero attached hydrogens (tertiary/aromatic N) is 1. The summed E-state index contributed by atoms with van der Waals surface area (Å²) in [6.07, 6.45) is -1.05. The zero-order valence-corrected chi connectivity index (χ0v) is 18.3. The van der Waals surface area contributed by atoms with E-state index in [1.165, 1.54) is 0 Å². The number of nitrogens with one attached hydrogen (secondary N) is 1. The minimum atomic E-state index is -3.88. The SMILES string of the molecule is O=C(NCC(F)(F)C(=O)N1CCSC(C(=O)O)C1)OCC1c2ccccc2-c2ccccc21. The molecule has 0 aromatic heterocycles. The number of carbonyl (C=O) groups is 3. The van der Waals surface area contributed by atoms with E-state index in [1.54, 1.807) is 0 Å². The second-order valence-electron chi connectivity index (χ2n) is 7.83. The Kier molecular flexibility index (Phi) is 6.55. The second-order valence-corrected chi connectivity index (χ2v) is 9.14. The molecule has 4 rings (SSSR count). The average Bonchev–Trinajstić information content (AvgIpc) is 3.15. The average molecular weight is 477 g/mol. The summed E-state index contributed by atoms with van der Waals surface area (Å²) in [5.74, 6) is -6.51. The van der Waals surface area contributed by atoms with Gasteiger partial charge < -0.3 is 20.1 Å². The Morgan fingerprint density at radius 1 is 1.09 bits per heavy atom. The summed E-state index contributed by atoms with van der Waals surface area (Å²) < 4.78 is 34.0. The molecule has 1 saturated heterocycles. The fourth-order valence-corrected chi connectivity index (χ4v) is 5.16. The Morgan fingerprint density at radius 2 is 1.70 bits per heavy atom. The van der Waals surface area contributed by atoms with Gasteiger partial charge in [0.2, 0.25) is 0 Å². The Bertz CT molecular complexity index is 1030. The van der Waals surface area contributed by atoms with E-state index in [0.29, 0.717) is 0 Å². The first kappa shape index (κ1) is 23.0. The predicted molar refractivity (Wildman–Crippen MR) is 118 cm³/mol. The van der Waals surface area contributed by atoms with Gasteiger partial charge in [0.15, 0.2) is 0 Å². The molecule has 1 fully saturated rings. The zero-order valence-electron chi connectivity index (χ0n) is 17.5. The van der Waals surface area contributed by atoms with E-state index in [4.69, 9.17) is 9.84 Å². The largest absolute Gasteiger partial charge is 0.480 e. The zero-order chi connectivity index (χ0) is 23.6. The number of ether oxygens (including phenoxy) is 1. The lowest BCUT2D eigenvalue weighted by molar-refractivity contribution is -0.157. The molecule has 2 N–H and O–H groups in total. The van der Waals surface area contributed by atoms with Crippen molar-refractivity contribution < 1.29 is 33.0 Å². The third-order valence-electron chi connectivity index (χ3n) is 5.74.